The number of ether oxygens (including phenoxy) is 1. The number of hydrogen-bond acceptors (Lipinski definition) is 4. The molecule has 0 saturated carbocycles. The number of rotatable bonds is 3. The fourth-order valence-corrected chi connectivity index (χ4v) is 2.74. The number of nitrogens with zero attached hydrogens (tertiary/aromatic N) is 4. The van der Waals surface area contributed by atoms with E-state index in [1.54, 1.807) is 18.0 Å². The first-order chi connectivity index (χ1) is 11.8. The Morgan fingerprint density at radius 3 is 2.62 bits per heavy atom. The van der Waals surface area contributed by atoms with E-state index in [9.17, 15) is 0 Å². The van der Waals surface area contributed by atoms with E-state index in [-0.39, 0.29) is 0 Å². The Hall–Kier alpha value is -2.92. The van der Waals surface area contributed by atoms with E-state index in [0.717, 1.165) is 17.0 Å². The van der Waals surface area contributed by atoms with Crippen LogP contribution < -0.4 is 4.74 Å². The van der Waals surface area contributed by atoms with Gasteiger partial charge in [0.2, 0.25) is 0 Å². The number of benzene rings is 2. The highest BCUT2D eigenvalue weighted by Gasteiger charge is 2.14. The molecule has 0 N–H and O–H groups in total. The lowest BCUT2D eigenvalue weighted by molar-refractivity contribution is 0.415. The summed E-state index contributed by atoms with van der Waals surface area (Å²) in [6, 6.07) is 17.4. The second kappa shape index (κ2) is 5.94. The topological polar surface area (TPSA) is 52.8 Å². The van der Waals surface area contributed by atoms with Gasteiger partial charge < -0.3 is 4.74 Å². The molecule has 0 atom stereocenters. The number of hydrogen-bond donors (Lipinski definition) is 0. The molecule has 118 valence electrons. The molecule has 24 heavy (non-hydrogen) atoms. The van der Waals surface area contributed by atoms with E-state index in [4.69, 9.17) is 16.3 Å². The van der Waals surface area contributed by atoms with E-state index in [1.165, 1.54) is 0 Å². The van der Waals surface area contributed by atoms with Crippen molar-refractivity contribution in [3.63, 3.8) is 0 Å². The predicted molar refractivity (Wildman–Crippen MR) is 93.7 cm³/mol. The molecular weight excluding hydrogens is 324 g/mol. The van der Waals surface area contributed by atoms with Crippen molar-refractivity contribution in [2.75, 3.05) is 7.11 Å². The van der Waals surface area contributed by atoms with Gasteiger partial charge in [-0.15, -0.1) is 0 Å². The van der Waals surface area contributed by atoms with Gasteiger partial charge in [0.15, 0.2) is 11.5 Å². The van der Waals surface area contributed by atoms with Crippen LogP contribution in [0.1, 0.15) is 0 Å². The summed E-state index contributed by atoms with van der Waals surface area (Å²) in [6.07, 6.45) is 1.68. The molecule has 0 spiro atoms. The Balaban J connectivity index is 1.92. The van der Waals surface area contributed by atoms with Crippen LogP contribution in [0.5, 0.6) is 5.75 Å². The summed E-state index contributed by atoms with van der Waals surface area (Å²) in [7, 11) is 1.63. The van der Waals surface area contributed by atoms with Gasteiger partial charge in [0.25, 0.3) is 0 Å². The average molecular weight is 337 g/mol. The van der Waals surface area contributed by atoms with Crippen molar-refractivity contribution < 1.29 is 4.74 Å². The van der Waals surface area contributed by atoms with Gasteiger partial charge in [-0.05, 0) is 24.3 Å². The third kappa shape index (κ3) is 2.49. The summed E-state index contributed by atoms with van der Waals surface area (Å²) < 4.78 is 7.02. The zero-order chi connectivity index (χ0) is 16.5. The highest BCUT2D eigenvalue weighted by Crippen LogP contribution is 2.27. The predicted octanol–water partition coefficient (Wildman–Crippen LogP) is 4.14. The van der Waals surface area contributed by atoms with Crippen LogP contribution in [0.15, 0.2) is 60.8 Å². The minimum absolute atomic E-state index is 0.375. The Bertz CT molecular complexity index is 1010. The van der Waals surface area contributed by atoms with E-state index in [2.05, 4.69) is 15.1 Å². The van der Waals surface area contributed by atoms with Crippen molar-refractivity contribution in [3.8, 4) is 22.8 Å². The maximum absolute atomic E-state index is 6.35. The molecule has 4 rings (SSSR count). The van der Waals surface area contributed by atoms with E-state index < -0.39 is 0 Å². The first kappa shape index (κ1) is 14.7. The first-order valence-electron chi connectivity index (χ1n) is 7.37. The van der Waals surface area contributed by atoms with Crippen molar-refractivity contribution in [1.29, 1.82) is 0 Å². The third-order valence-electron chi connectivity index (χ3n) is 3.71. The van der Waals surface area contributed by atoms with Crippen molar-refractivity contribution >= 4 is 22.6 Å². The molecule has 2 heterocycles. The number of halogens is 1. The number of para-hydroxylation sites is 1. The van der Waals surface area contributed by atoms with Crippen molar-refractivity contribution in [2.24, 2.45) is 0 Å². The quantitative estimate of drug-likeness (QED) is 0.527. The van der Waals surface area contributed by atoms with Gasteiger partial charge in [-0.2, -0.15) is 5.10 Å². The number of fused-ring (bicyclic) bond motifs is 1. The molecule has 2 aromatic heterocycles. The second-order valence-corrected chi connectivity index (χ2v) is 5.56. The third-order valence-corrected chi connectivity index (χ3v) is 4.00. The van der Waals surface area contributed by atoms with Crippen LogP contribution in [0, 0.1) is 0 Å². The lowest BCUT2D eigenvalue weighted by atomic mass is 10.2. The molecule has 0 fully saturated rings. The normalized spacial score (nSPS) is 10.9. The Kier molecular flexibility index (Phi) is 3.63. The Morgan fingerprint density at radius 1 is 1.00 bits per heavy atom. The maximum Gasteiger partial charge on any atom is 0.168 e. The van der Waals surface area contributed by atoms with Gasteiger partial charge in [0.1, 0.15) is 10.9 Å². The maximum atomic E-state index is 6.35. The molecule has 0 saturated heterocycles. The van der Waals surface area contributed by atoms with Gasteiger partial charge >= 0.3 is 0 Å². The zero-order valence-electron chi connectivity index (χ0n) is 12.8. The van der Waals surface area contributed by atoms with Crippen LogP contribution in [0.25, 0.3) is 28.1 Å². The molecule has 0 aliphatic rings. The highest BCUT2D eigenvalue weighted by molar-refractivity contribution is 6.34. The molecule has 0 aliphatic carbocycles. The van der Waals surface area contributed by atoms with Gasteiger partial charge in [-0.1, -0.05) is 41.9 Å². The van der Waals surface area contributed by atoms with Crippen LogP contribution in [-0.4, -0.2) is 26.9 Å². The SMILES string of the molecule is COc1cccc(-c2nc(Cl)c3cnn(-c4ccccc4)c3n2)c1. The molecular formula is C18H13ClN4O. The summed E-state index contributed by atoms with van der Waals surface area (Å²) >= 11 is 6.35. The summed E-state index contributed by atoms with van der Waals surface area (Å²) in [5, 5.41) is 5.49. The lowest BCUT2D eigenvalue weighted by Crippen LogP contribution is -1.99. The summed E-state index contributed by atoms with van der Waals surface area (Å²) in [4.78, 5) is 9.07. The first-order valence-corrected chi connectivity index (χ1v) is 7.75. The van der Waals surface area contributed by atoms with Gasteiger partial charge in [0, 0.05) is 5.56 Å². The van der Waals surface area contributed by atoms with Crippen molar-refractivity contribution in [2.45, 2.75) is 0 Å². The molecule has 2 aromatic carbocycles. The van der Waals surface area contributed by atoms with Crippen LogP contribution in [0.3, 0.4) is 0 Å². The van der Waals surface area contributed by atoms with Crippen molar-refractivity contribution in [1.82, 2.24) is 19.7 Å². The van der Waals surface area contributed by atoms with Crippen LogP contribution in [0.2, 0.25) is 5.15 Å². The van der Waals surface area contributed by atoms with Gasteiger partial charge in [-0.3, -0.25) is 0 Å². The van der Waals surface area contributed by atoms with E-state index in [1.807, 2.05) is 54.6 Å². The molecule has 0 aliphatic heterocycles. The smallest absolute Gasteiger partial charge is 0.168 e. The van der Waals surface area contributed by atoms with E-state index in [0.29, 0.717) is 22.0 Å². The van der Waals surface area contributed by atoms with Crippen LogP contribution in [0.4, 0.5) is 0 Å². The van der Waals surface area contributed by atoms with Crippen LogP contribution >= 0.6 is 11.6 Å². The molecule has 0 bridgehead atoms. The zero-order valence-corrected chi connectivity index (χ0v) is 13.6. The standard InChI is InChI=1S/C18H13ClN4O/c1-24-14-9-5-6-12(10-14)17-21-16(19)15-11-20-23(18(15)22-17)13-7-3-2-4-8-13/h2-11H,1H3. The largest absolute Gasteiger partial charge is 0.497 e. The molecule has 0 amide bonds. The number of aromatic nitrogens is 4. The molecule has 0 unspecified atom stereocenters. The average Bonchev–Trinajstić information content (AvgIpc) is 3.07. The second-order valence-electron chi connectivity index (χ2n) is 5.20. The monoisotopic (exact) mass is 336 g/mol. The number of methoxy groups -OCH3 is 1. The molecule has 5 nitrogen and oxygen atoms in total. The molecule has 6 heteroatoms. The summed E-state index contributed by atoms with van der Waals surface area (Å²) in [6.45, 7) is 0. The van der Waals surface area contributed by atoms with E-state index >= 15 is 0 Å². The minimum atomic E-state index is 0.375. The summed E-state index contributed by atoms with van der Waals surface area (Å²) in [5.41, 5.74) is 2.41. The lowest BCUT2D eigenvalue weighted by Gasteiger charge is -2.06. The fourth-order valence-electron chi connectivity index (χ4n) is 2.52. The van der Waals surface area contributed by atoms with Gasteiger partial charge in [0.05, 0.1) is 24.4 Å². The highest BCUT2D eigenvalue weighted by atomic mass is 35.5. The fraction of sp³-hybridized carbons (Fsp3) is 0.0556. The summed E-state index contributed by atoms with van der Waals surface area (Å²) in [5.74, 6) is 1.27. The molecule has 4 aromatic rings. The Morgan fingerprint density at radius 2 is 1.83 bits per heavy atom. The van der Waals surface area contributed by atoms with Gasteiger partial charge in [-0.25, -0.2) is 14.6 Å². The molecule has 0 radical (unpaired) electrons. The Labute approximate surface area is 143 Å². The minimum Gasteiger partial charge on any atom is -0.497 e. The van der Waals surface area contributed by atoms with Crippen LogP contribution in [-0.2, 0) is 0 Å². The van der Waals surface area contributed by atoms with Crippen molar-refractivity contribution in [3.05, 3.63) is 65.9 Å².